The van der Waals surface area contributed by atoms with Crippen LogP contribution in [-0.2, 0) is 9.59 Å². The molecule has 0 aliphatic rings. The van der Waals surface area contributed by atoms with E-state index >= 15 is 0 Å². The molecule has 0 saturated heterocycles. The van der Waals surface area contributed by atoms with Crippen LogP contribution in [0.15, 0.2) is 86.0 Å². The lowest BCUT2D eigenvalue weighted by atomic mass is 10.1. The normalized spacial score (nSPS) is 8.83. The zero-order valence-corrected chi connectivity index (χ0v) is 13.2. The van der Waals surface area contributed by atoms with Crippen LogP contribution in [0.1, 0.15) is 11.1 Å². The first kappa shape index (κ1) is 20.6. The molecule has 2 aromatic rings. The highest BCUT2D eigenvalue weighted by Crippen LogP contribution is 2.06. The summed E-state index contributed by atoms with van der Waals surface area (Å²) in [6.45, 7) is 5.92. The highest BCUT2D eigenvalue weighted by Gasteiger charge is 1.84. The van der Waals surface area contributed by atoms with E-state index in [2.05, 4.69) is 49.6 Å². The molecule has 0 heterocycles. The molecule has 0 amide bonds. The second-order valence-electron chi connectivity index (χ2n) is 4.24. The number of carboxylic acids is 2. The Morgan fingerprint density at radius 1 is 0.667 bits per heavy atom. The van der Waals surface area contributed by atoms with Crippen LogP contribution < -0.4 is 0 Å². The van der Waals surface area contributed by atoms with Crippen molar-refractivity contribution in [3.63, 3.8) is 0 Å². The van der Waals surface area contributed by atoms with Crippen LogP contribution in [0.4, 0.5) is 0 Å². The van der Waals surface area contributed by atoms with Crippen LogP contribution in [0.25, 0.3) is 12.2 Å². The van der Waals surface area contributed by atoms with Crippen LogP contribution in [0, 0.1) is 0 Å². The van der Waals surface area contributed by atoms with Gasteiger partial charge in [-0.3, -0.25) is 0 Å². The Morgan fingerprint density at radius 2 is 0.917 bits per heavy atom. The van der Waals surface area contributed by atoms with Crippen LogP contribution in [-0.4, -0.2) is 22.2 Å². The third-order valence-electron chi connectivity index (χ3n) is 2.42. The Kier molecular flexibility index (Phi) is 11.4. The summed E-state index contributed by atoms with van der Waals surface area (Å²) in [4.78, 5) is 18.5. The van der Waals surface area contributed by atoms with Gasteiger partial charge in [0.25, 0.3) is 0 Å². The van der Waals surface area contributed by atoms with Gasteiger partial charge in [0.2, 0.25) is 0 Å². The lowest BCUT2D eigenvalue weighted by Crippen LogP contribution is -1.82. The maximum atomic E-state index is 9.25. The van der Waals surface area contributed by atoms with E-state index in [9.17, 15) is 9.59 Å². The van der Waals surface area contributed by atoms with Gasteiger partial charge in [-0.2, -0.15) is 0 Å². The molecule has 2 N–H and O–H groups in total. The Labute approximate surface area is 141 Å². The zero-order valence-electron chi connectivity index (χ0n) is 13.2. The first-order chi connectivity index (χ1) is 11.5. The van der Waals surface area contributed by atoms with E-state index in [-0.39, 0.29) is 0 Å². The monoisotopic (exact) mass is 324 g/mol. The SMILES string of the molecule is C(=Cc1ccccc1)c1ccccc1.C=CC(=O)O.C=CC(=O)O. The quantitative estimate of drug-likeness (QED) is 0.647. The fourth-order valence-corrected chi connectivity index (χ4v) is 1.32. The number of aliphatic carboxylic acids is 2. The Hall–Kier alpha value is -3.40. The van der Waals surface area contributed by atoms with Crippen LogP contribution in [0.5, 0.6) is 0 Å². The Balaban J connectivity index is 0.000000442. The fraction of sp³-hybridized carbons (Fsp3) is 0. The molecular weight excluding hydrogens is 304 g/mol. The minimum Gasteiger partial charge on any atom is -0.478 e. The van der Waals surface area contributed by atoms with Crippen molar-refractivity contribution in [1.29, 1.82) is 0 Å². The van der Waals surface area contributed by atoms with Gasteiger partial charge in [-0.15, -0.1) is 0 Å². The molecule has 0 aromatic heterocycles. The van der Waals surface area contributed by atoms with E-state index in [1.807, 2.05) is 36.4 Å². The average molecular weight is 324 g/mol. The van der Waals surface area contributed by atoms with E-state index in [1.54, 1.807) is 0 Å². The molecule has 0 radical (unpaired) electrons. The van der Waals surface area contributed by atoms with Gasteiger partial charge in [-0.1, -0.05) is 86.0 Å². The fourth-order valence-electron chi connectivity index (χ4n) is 1.32. The first-order valence-corrected chi connectivity index (χ1v) is 6.98. The molecule has 2 rings (SSSR count). The van der Waals surface area contributed by atoms with Gasteiger partial charge >= 0.3 is 11.9 Å². The van der Waals surface area contributed by atoms with Crippen LogP contribution in [0.2, 0.25) is 0 Å². The van der Waals surface area contributed by atoms with Crippen LogP contribution in [0.3, 0.4) is 0 Å². The Bertz CT molecular complexity index is 599. The topological polar surface area (TPSA) is 74.6 Å². The van der Waals surface area contributed by atoms with Crippen molar-refractivity contribution >= 4 is 24.1 Å². The van der Waals surface area contributed by atoms with E-state index in [0.29, 0.717) is 0 Å². The van der Waals surface area contributed by atoms with E-state index in [4.69, 9.17) is 10.2 Å². The van der Waals surface area contributed by atoms with Gasteiger partial charge in [0, 0.05) is 12.2 Å². The zero-order chi connectivity index (χ0) is 18.2. The third-order valence-corrected chi connectivity index (χ3v) is 2.42. The molecule has 4 heteroatoms. The summed E-state index contributed by atoms with van der Waals surface area (Å²) in [6, 6.07) is 20.6. The van der Waals surface area contributed by atoms with Gasteiger partial charge in [-0.25, -0.2) is 9.59 Å². The highest BCUT2D eigenvalue weighted by atomic mass is 16.4. The summed E-state index contributed by atoms with van der Waals surface area (Å²) in [5.74, 6) is -1.96. The average Bonchev–Trinajstić information content (AvgIpc) is 2.62. The summed E-state index contributed by atoms with van der Waals surface area (Å²) in [5, 5.41) is 15.2. The molecule has 124 valence electrons. The molecule has 2 aromatic carbocycles. The molecular formula is C20H20O4. The standard InChI is InChI=1S/C14H12.2C3H4O2/c1-3-7-13(8-4-1)11-12-14-9-5-2-6-10-14;2*1-2-3(4)5/h1-12H;2*2H,1H2,(H,4,5). The molecule has 0 unspecified atom stereocenters. The molecule has 0 aliphatic carbocycles. The molecule has 0 bridgehead atoms. The smallest absolute Gasteiger partial charge is 0.327 e. The molecule has 4 nitrogen and oxygen atoms in total. The number of rotatable bonds is 4. The van der Waals surface area contributed by atoms with Crippen molar-refractivity contribution in [1.82, 2.24) is 0 Å². The first-order valence-electron chi connectivity index (χ1n) is 6.98. The van der Waals surface area contributed by atoms with Crippen molar-refractivity contribution in [3.05, 3.63) is 97.1 Å². The number of benzene rings is 2. The minimum atomic E-state index is -0.981. The number of carbonyl (C=O) groups is 2. The summed E-state index contributed by atoms with van der Waals surface area (Å²) in [5.41, 5.74) is 2.47. The third kappa shape index (κ3) is 12.3. The van der Waals surface area contributed by atoms with E-state index < -0.39 is 11.9 Å². The largest absolute Gasteiger partial charge is 0.478 e. The Morgan fingerprint density at radius 3 is 1.12 bits per heavy atom. The molecule has 0 spiro atoms. The molecule has 24 heavy (non-hydrogen) atoms. The maximum absolute atomic E-state index is 9.25. The lowest BCUT2D eigenvalue weighted by Gasteiger charge is -1.92. The molecule has 0 aliphatic heterocycles. The second kappa shape index (κ2) is 13.3. The predicted octanol–water partition coefficient (Wildman–Crippen LogP) is 4.37. The molecule has 0 fully saturated rings. The van der Waals surface area contributed by atoms with E-state index in [1.165, 1.54) is 11.1 Å². The summed E-state index contributed by atoms with van der Waals surface area (Å²) >= 11 is 0. The highest BCUT2D eigenvalue weighted by molar-refractivity contribution is 5.79. The molecule has 0 atom stereocenters. The second-order valence-corrected chi connectivity index (χ2v) is 4.24. The van der Waals surface area contributed by atoms with Gasteiger partial charge in [-0.05, 0) is 11.1 Å². The van der Waals surface area contributed by atoms with Crippen LogP contribution >= 0.6 is 0 Å². The van der Waals surface area contributed by atoms with Gasteiger partial charge in [0.05, 0.1) is 0 Å². The minimum absolute atomic E-state index is 0.833. The predicted molar refractivity (Wildman–Crippen MR) is 97.5 cm³/mol. The number of carboxylic acid groups (broad SMARTS) is 2. The maximum Gasteiger partial charge on any atom is 0.327 e. The summed E-state index contributed by atoms with van der Waals surface area (Å²) in [6.07, 6.45) is 5.91. The summed E-state index contributed by atoms with van der Waals surface area (Å²) in [7, 11) is 0. The summed E-state index contributed by atoms with van der Waals surface area (Å²) < 4.78 is 0. The van der Waals surface area contributed by atoms with Crippen molar-refractivity contribution in [2.45, 2.75) is 0 Å². The van der Waals surface area contributed by atoms with Gasteiger partial charge in [0.15, 0.2) is 0 Å². The molecule has 0 saturated carbocycles. The van der Waals surface area contributed by atoms with Crippen molar-refractivity contribution in [2.24, 2.45) is 0 Å². The van der Waals surface area contributed by atoms with E-state index in [0.717, 1.165) is 12.2 Å². The lowest BCUT2D eigenvalue weighted by molar-refractivity contribution is -0.132. The van der Waals surface area contributed by atoms with Crippen molar-refractivity contribution < 1.29 is 19.8 Å². The number of hydrogen-bond donors (Lipinski definition) is 2. The number of hydrogen-bond acceptors (Lipinski definition) is 2. The van der Waals surface area contributed by atoms with Gasteiger partial charge < -0.3 is 10.2 Å². The van der Waals surface area contributed by atoms with Crippen molar-refractivity contribution in [2.75, 3.05) is 0 Å². The van der Waals surface area contributed by atoms with Crippen molar-refractivity contribution in [3.8, 4) is 0 Å². The van der Waals surface area contributed by atoms with Gasteiger partial charge in [0.1, 0.15) is 0 Å².